The van der Waals surface area contributed by atoms with Crippen molar-refractivity contribution < 1.29 is 23.9 Å². The van der Waals surface area contributed by atoms with Crippen LogP contribution in [0.3, 0.4) is 0 Å². The van der Waals surface area contributed by atoms with Crippen molar-refractivity contribution in [2.75, 3.05) is 13.3 Å². The first-order chi connectivity index (χ1) is 11.5. The van der Waals surface area contributed by atoms with Gasteiger partial charge in [-0.05, 0) is 19.4 Å². The van der Waals surface area contributed by atoms with Gasteiger partial charge >= 0.3 is 6.09 Å². The van der Waals surface area contributed by atoms with Crippen LogP contribution < -0.4 is 14.8 Å². The highest BCUT2D eigenvalue weighted by Crippen LogP contribution is 2.40. The Labute approximate surface area is 140 Å². The second kappa shape index (κ2) is 8.37. The Morgan fingerprint density at radius 1 is 1.33 bits per heavy atom. The molecule has 0 bridgehead atoms. The zero-order chi connectivity index (χ0) is 17.5. The van der Waals surface area contributed by atoms with Gasteiger partial charge in [0.05, 0.1) is 16.6 Å². The number of hydrogen-bond donors (Lipinski definition) is 1. The lowest BCUT2D eigenvalue weighted by atomic mass is 10.1. The van der Waals surface area contributed by atoms with Crippen molar-refractivity contribution in [2.24, 2.45) is 0 Å². The van der Waals surface area contributed by atoms with Crippen molar-refractivity contribution in [2.45, 2.75) is 45.6 Å². The molecule has 0 spiro atoms. The molecule has 0 fully saturated rings. The molecule has 24 heavy (non-hydrogen) atoms. The fraction of sp³-hybridized carbons (Fsp3) is 0.562. The molecule has 1 N–H and O–H groups in total. The van der Waals surface area contributed by atoms with Crippen LogP contribution in [0.15, 0.2) is 12.1 Å². The van der Waals surface area contributed by atoms with E-state index in [4.69, 9.17) is 14.2 Å². The van der Waals surface area contributed by atoms with E-state index in [1.165, 1.54) is 12.1 Å². The predicted molar refractivity (Wildman–Crippen MR) is 86.3 cm³/mol. The Hall–Kier alpha value is -2.51. The second-order valence-corrected chi connectivity index (χ2v) is 5.56. The number of amides is 1. The van der Waals surface area contributed by atoms with E-state index in [1.54, 1.807) is 6.92 Å². The van der Waals surface area contributed by atoms with Crippen LogP contribution in [-0.4, -0.2) is 24.4 Å². The molecule has 1 aromatic rings. The van der Waals surface area contributed by atoms with Gasteiger partial charge in [-0.1, -0.05) is 26.2 Å². The lowest BCUT2D eigenvalue weighted by Gasteiger charge is -2.15. The molecule has 1 unspecified atom stereocenters. The summed E-state index contributed by atoms with van der Waals surface area (Å²) in [6.45, 7) is 4.24. The Balaban J connectivity index is 1.97. The molecular formula is C16H22N2O6. The van der Waals surface area contributed by atoms with Crippen molar-refractivity contribution in [1.82, 2.24) is 5.32 Å². The van der Waals surface area contributed by atoms with E-state index in [0.717, 1.165) is 25.7 Å². The summed E-state index contributed by atoms with van der Waals surface area (Å²) in [6, 6.07) is 2.78. The summed E-state index contributed by atoms with van der Waals surface area (Å²) in [5.41, 5.74) is 0.105. The summed E-state index contributed by atoms with van der Waals surface area (Å²) in [5.74, 6) is 0.726. The summed E-state index contributed by atoms with van der Waals surface area (Å²) in [5, 5.41) is 13.9. The number of unbranched alkanes of at least 4 members (excludes halogenated alkanes) is 3. The Bertz CT molecular complexity index is 604. The number of carbonyl (C=O) groups is 1. The quantitative estimate of drug-likeness (QED) is 0.441. The first-order valence-electron chi connectivity index (χ1n) is 8.05. The van der Waals surface area contributed by atoms with E-state index >= 15 is 0 Å². The molecule has 1 atom stereocenters. The molecule has 0 saturated carbocycles. The van der Waals surface area contributed by atoms with Gasteiger partial charge in [-0.3, -0.25) is 10.1 Å². The molecule has 2 rings (SSSR count). The smallest absolute Gasteiger partial charge is 0.407 e. The fourth-order valence-corrected chi connectivity index (χ4v) is 2.44. The molecule has 8 heteroatoms. The van der Waals surface area contributed by atoms with Crippen molar-refractivity contribution in [3.63, 3.8) is 0 Å². The predicted octanol–water partition coefficient (Wildman–Crippen LogP) is 3.69. The van der Waals surface area contributed by atoms with Crippen LogP contribution in [0.2, 0.25) is 0 Å². The zero-order valence-corrected chi connectivity index (χ0v) is 13.9. The maximum atomic E-state index is 11.8. The van der Waals surface area contributed by atoms with Crippen molar-refractivity contribution in [3.05, 3.63) is 27.8 Å². The maximum Gasteiger partial charge on any atom is 0.407 e. The summed E-state index contributed by atoms with van der Waals surface area (Å²) >= 11 is 0. The molecule has 8 nitrogen and oxygen atoms in total. The van der Waals surface area contributed by atoms with Gasteiger partial charge < -0.3 is 19.5 Å². The van der Waals surface area contributed by atoms with Gasteiger partial charge in [0.1, 0.15) is 6.10 Å². The van der Waals surface area contributed by atoms with Gasteiger partial charge in [-0.15, -0.1) is 0 Å². The lowest BCUT2D eigenvalue weighted by molar-refractivity contribution is -0.386. The molecule has 0 radical (unpaired) electrons. The number of rotatable bonds is 8. The second-order valence-electron chi connectivity index (χ2n) is 5.56. The molecular weight excluding hydrogens is 316 g/mol. The Morgan fingerprint density at radius 2 is 2.04 bits per heavy atom. The summed E-state index contributed by atoms with van der Waals surface area (Å²) in [4.78, 5) is 22.5. The fourth-order valence-electron chi connectivity index (χ4n) is 2.44. The van der Waals surface area contributed by atoms with E-state index < -0.39 is 17.1 Å². The number of hydrogen-bond acceptors (Lipinski definition) is 6. The number of benzene rings is 1. The highest BCUT2D eigenvalue weighted by Gasteiger charge is 2.27. The number of carbonyl (C=O) groups excluding carboxylic acids is 1. The first kappa shape index (κ1) is 17.8. The molecule has 0 saturated heterocycles. The molecule has 1 heterocycles. The molecule has 1 amide bonds. The molecule has 0 aromatic heterocycles. The lowest BCUT2D eigenvalue weighted by Crippen LogP contribution is -2.26. The molecule has 0 aliphatic carbocycles. The molecule has 132 valence electrons. The number of nitrogens with one attached hydrogen (secondary N) is 1. The largest absolute Gasteiger partial charge is 0.454 e. The molecule has 1 aliphatic heterocycles. The van der Waals surface area contributed by atoms with Gasteiger partial charge in [-0.25, -0.2) is 4.79 Å². The normalized spacial score (nSPS) is 13.4. The van der Waals surface area contributed by atoms with E-state index in [-0.39, 0.29) is 18.0 Å². The van der Waals surface area contributed by atoms with Crippen LogP contribution in [0, 0.1) is 10.1 Å². The van der Waals surface area contributed by atoms with Crippen LogP contribution in [0.25, 0.3) is 0 Å². The summed E-state index contributed by atoms with van der Waals surface area (Å²) in [7, 11) is 0. The van der Waals surface area contributed by atoms with Gasteiger partial charge in [0.2, 0.25) is 6.79 Å². The maximum absolute atomic E-state index is 11.8. The SMILES string of the molecule is CCCCCCNC(=O)OC(C)c1cc2c(cc1[N+](=O)[O-])OCO2. The van der Waals surface area contributed by atoms with Crippen molar-refractivity contribution >= 4 is 11.8 Å². The van der Waals surface area contributed by atoms with Gasteiger partial charge in [0.15, 0.2) is 11.5 Å². The Kier molecular flexibility index (Phi) is 6.22. The van der Waals surface area contributed by atoms with E-state index in [0.29, 0.717) is 18.0 Å². The number of alkyl carbamates (subject to hydrolysis) is 1. The third-order valence-corrected chi connectivity index (χ3v) is 3.74. The van der Waals surface area contributed by atoms with Crippen LogP contribution in [-0.2, 0) is 4.74 Å². The highest BCUT2D eigenvalue weighted by molar-refractivity contribution is 5.68. The molecule has 1 aliphatic rings. The first-order valence-corrected chi connectivity index (χ1v) is 8.05. The monoisotopic (exact) mass is 338 g/mol. The van der Waals surface area contributed by atoms with Crippen LogP contribution in [0.1, 0.15) is 51.2 Å². The molecule has 1 aromatic carbocycles. The number of ether oxygens (including phenoxy) is 3. The third-order valence-electron chi connectivity index (χ3n) is 3.74. The van der Waals surface area contributed by atoms with E-state index in [1.807, 2.05) is 0 Å². The van der Waals surface area contributed by atoms with Gasteiger partial charge in [0, 0.05) is 6.54 Å². The number of nitro benzene ring substituents is 1. The number of fused-ring (bicyclic) bond motifs is 1. The van der Waals surface area contributed by atoms with Gasteiger partial charge in [-0.2, -0.15) is 0 Å². The van der Waals surface area contributed by atoms with Crippen LogP contribution in [0.5, 0.6) is 11.5 Å². The van der Waals surface area contributed by atoms with E-state index in [2.05, 4.69) is 12.2 Å². The summed E-state index contributed by atoms with van der Waals surface area (Å²) in [6.07, 6.45) is 2.79. The Morgan fingerprint density at radius 3 is 2.71 bits per heavy atom. The minimum atomic E-state index is -0.782. The van der Waals surface area contributed by atoms with Crippen LogP contribution in [0.4, 0.5) is 10.5 Å². The zero-order valence-electron chi connectivity index (χ0n) is 13.9. The van der Waals surface area contributed by atoms with Crippen molar-refractivity contribution in [1.29, 1.82) is 0 Å². The van der Waals surface area contributed by atoms with Crippen LogP contribution >= 0.6 is 0 Å². The van der Waals surface area contributed by atoms with E-state index in [9.17, 15) is 14.9 Å². The average molecular weight is 338 g/mol. The highest BCUT2D eigenvalue weighted by atomic mass is 16.7. The average Bonchev–Trinajstić information content (AvgIpc) is 3.00. The summed E-state index contributed by atoms with van der Waals surface area (Å²) < 4.78 is 15.6. The standard InChI is InChI=1S/C16H22N2O6/c1-3-4-5-6-7-17-16(19)24-11(2)12-8-14-15(23-10-22-14)9-13(12)18(20)21/h8-9,11H,3-7,10H2,1-2H3,(H,17,19). The third kappa shape index (κ3) is 4.50. The topological polar surface area (TPSA) is 99.9 Å². The van der Waals surface area contributed by atoms with Crippen molar-refractivity contribution in [3.8, 4) is 11.5 Å². The van der Waals surface area contributed by atoms with Gasteiger partial charge in [0.25, 0.3) is 5.69 Å². The number of nitro groups is 1. The minimum Gasteiger partial charge on any atom is -0.454 e. The number of nitrogens with zero attached hydrogens (tertiary/aromatic N) is 1. The minimum absolute atomic E-state index is 0.0173.